The van der Waals surface area contributed by atoms with E-state index in [0.29, 0.717) is 44.2 Å². The van der Waals surface area contributed by atoms with Crippen molar-refractivity contribution in [1.29, 1.82) is 0 Å². The number of nitrogens with zero attached hydrogens (tertiary/aromatic N) is 5. The van der Waals surface area contributed by atoms with Crippen LogP contribution in [-0.4, -0.2) is 47.0 Å². The number of anilines is 2. The topological polar surface area (TPSA) is 74.2 Å². The molecule has 1 aromatic carbocycles. The molecule has 0 unspecified atom stereocenters. The lowest BCUT2D eigenvalue weighted by molar-refractivity contribution is 0.0945. The molecule has 0 spiro atoms. The molecule has 1 amide bonds. The molecule has 3 heterocycles. The molecule has 0 aliphatic carbocycles. The van der Waals surface area contributed by atoms with Crippen molar-refractivity contribution in [1.82, 2.24) is 20.3 Å². The minimum Gasteiger partial charge on any atom is -0.366 e. The molecule has 29 heavy (non-hydrogen) atoms. The van der Waals surface area contributed by atoms with Gasteiger partial charge in [0.05, 0.1) is 18.1 Å². The second-order valence-electron chi connectivity index (χ2n) is 6.72. The van der Waals surface area contributed by atoms with Crippen molar-refractivity contribution >= 4 is 17.4 Å². The number of hydrogen-bond acceptors (Lipinski definition) is 6. The van der Waals surface area contributed by atoms with Gasteiger partial charge in [-0.1, -0.05) is 12.1 Å². The van der Waals surface area contributed by atoms with Gasteiger partial charge in [0.2, 0.25) is 0 Å². The molecule has 1 aliphatic rings. The van der Waals surface area contributed by atoms with Gasteiger partial charge in [-0.05, 0) is 29.8 Å². The van der Waals surface area contributed by atoms with Crippen LogP contribution in [0.4, 0.5) is 15.9 Å². The highest BCUT2D eigenvalue weighted by molar-refractivity contribution is 5.91. The first kappa shape index (κ1) is 18.8. The van der Waals surface area contributed by atoms with Gasteiger partial charge in [-0.15, -0.1) is 0 Å². The van der Waals surface area contributed by atoms with E-state index in [1.807, 2.05) is 23.1 Å². The highest BCUT2D eigenvalue weighted by Crippen LogP contribution is 2.21. The predicted molar refractivity (Wildman–Crippen MR) is 108 cm³/mol. The number of halogens is 1. The predicted octanol–water partition coefficient (Wildman–Crippen LogP) is 2.27. The third kappa shape index (κ3) is 4.48. The summed E-state index contributed by atoms with van der Waals surface area (Å²) in [7, 11) is 0. The van der Waals surface area contributed by atoms with Gasteiger partial charge in [0, 0.05) is 45.1 Å². The molecule has 0 radical (unpaired) electrons. The van der Waals surface area contributed by atoms with Crippen LogP contribution in [0.3, 0.4) is 0 Å². The highest BCUT2D eigenvalue weighted by atomic mass is 19.1. The van der Waals surface area contributed by atoms with Gasteiger partial charge >= 0.3 is 0 Å². The number of carbonyl (C=O) groups excluding carboxylic acids is 1. The van der Waals surface area contributed by atoms with Crippen molar-refractivity contribution < 1.29 is 9.18 Å². The van der Waals surface area contributed by atoms with Crippen LogP contribution in [0.2, 0.25) is 0 Å². The fourth-order valence-corrected chi connectivity index (χ4v) is 3.26. The molecule has 0 atom stereocenters. The van der Waals surface area contributed by atoms with Crippen LogP contribution in [0.1, 0.15) is 16.1 Å². The molecule has 148 valence electrons. The van der Waals surface area contributed by atoms with E-state index in [9.17, 15) is 9.18 Å². The Hall–Kier alpha value is -3.55. The lowest BCUT2D eigenvalue weighted by Gasteiger charge is -2.36. The fraction of sp³-hybridized carbons (Fsp3) is 0.238. The molecule has 0 saturated carbocycles. The number of hydrogen-bond donors (Lipinski definition) is 1. The molecule has 3 aromatic rings. The molecule has 0 bridgehead atoms. The van der Waals surface area contributed by atoms with Crippen molar-refractivity contribution in [2.24, 2.45) is 0 Å². The second-order valence-corrected chi connectivity index (χ2v) is 6.72. The molecule has 2 aromatic heterocycles. The maximum atomic E-state index is 14.0. The molecule has 1 aliphatic heterocycles. The normalized spacial score (nSPS) is 14.0. The van der Waals surface area contributed by atoms with Gasteiger partial charge in [0.25, 0.3) is 5.91 Å². The van der Waals surface area contributed by atoms with Gasteiger partial charge in [0.1, 0.15) is 17.3 Å². The summed E-state index contributed by atoms with van der Waals surface area (Å²) in [6.07, 6.45) is 6.46. The van der Waals surface area contributed by atoms with Crippen molar-refractivity contribution in [3.05, 3.63) is 78.3 Å². The number of amides is 1. The Kier molecular flexibility index (Phi) is 5.60. The van der Waals surface area contributed by atoms with Gasteiger partial charge in [-0.3, -0.25) is 9.78 Å². The molecule has 8 heteroatoms. The summed E-state index contributed by atoms with van der Waals surface area (Å²) in [6.45, 7) is 3.20. The first-order valence-corrected chi connectivity index (χ1v) is 9.44. The summed E-state index contributed by atoms with van der Waals surface area (Å²) >= 11 is 0. The SMILES string of the molecule is O=C(NCc1ccncc1)c1cnc(N2CCN(c3ccccc3F)CC2)cn1. The van der Waals surface area contributed by atoms with E-state index in [1.165, 1.54) is 12.3 Å². The maximum absolute atomic E-state index is 14.0. The Morgan fingerprint density at radius 1 is 0.966 bits per heavy atom. The van der Waals surface area contributed by atoms with E-state index >= 15 is 0 Å². The zero-order valence-corrected chi connectivity index (χ0v) is 15.8. The summed E-state index contributed by atoms with van der Waals surface area (Å²) < 4.78 is 14.0. The standard InChI is InChI=1S/C21H21FN6O/c22-17-3-1-2-4-19(17)27-9-11-28(12-10-27)20-15-24-18(14-25-20)21(29)26-13-16-5-7-23-8-6-16/h1-8,14-15H,9-13H2,(H,26,29). The van der Waals surface area contributed by atoms with Crippen molar-refractivity contribution in [2.75, 3.05) is 36.0 Å². The quantitative estimate of drug-likeness (QED) is 0.718. The van der Waals surface area contributed by atoms with Crippen LogP contribution in [0.25, 0.3) is 0 Å². The summed E-state index contributed by atoms with van der Waals surface area (Å²) in [4.78, 5) is 29.0. The number of carbonyl (C=O) groups is 1. The summed E-state index contributed by atoms with van der Waals surface area (Å²) in [5.41, 5.74) is 1.86. The average molecular weight is 392 g/mol. The van der Waals surface area contributed by atoms with E-state index in [-0.39, 0.29) is 17.4 Å². The molecule has 1 saturated heterocycles. The van der Waals surface area contributed by atoms with E-state index in [2.05, 4.69) is 25.2 Å². The lowest BCUT2D eigenvalue weighted by atomic mass is 10.2. The minimum atomic E-state index is -0.273. The highest BCUT2D eigenvalue weighted by Gasteiger charge is 2.20. The Morgan fingerprint density at radius 3 is 2.38 bits per heavy atom. The van der Waals surface area contributed by atoms with E-state index in [0.717, 1.165) is 5.56 Å². The number of aromatic nitrogens is 3. The average Bonchev–Trinajstić information content (AvgIpc) is 2.79. The van der Waals surface area contributed by atoms with E-state index in [1.54, 1.807) is 30.7 Å². The Balaban J connectivity index is 1.32. The molecular weight excluding hydrogens is 371 g/mol. The first-order valence-electron chi connectivity index (χ1n) is 9.44. The van der Waals surface area contributed by atoms with Gasteiger partial charge in [-0.25, -0.2) is 14.4 Å². The molecule has 1 fully saturated rings. The zero-order chi connectivity index (χ0) is 20.1. The third-order valence-electron chi connectivity index (χ3n) is 4.87. The van der Waals surface area contributed by atoms with Crippen LogP contribution >= 0.6 is 0 Å². The first-order chi connectivity index (χ1) is 14.2. The smallest absolute Gasteiger partial charge is 0.271 e. The summed E-state index contributed by atoms with van der Waals surface area (Å²) in [5, 5.41) is 2.82. The fourth-order valence-electron chi connectivity index (χ4n) is 3.26. The van der Waals surface area contributed by atoms with Crippen LogP contribution < -0.4 is 15.1 Å². The van der Waals surface area contributed by atoms with Crippen LogP contribution in [-0.2, 0) is 6.54 Å². The minimum absolute atomic E-state index is 0.206. The van der Waals surface area contributed by atoms with Crippen molar-refractivity contribution in [3.8, 4) is 0 Å². The number of para-hydroxylation sites is 1. The van der Waals surface area contributed by atoms with E-state index < -0.39 is 0 Å². The second kappa shape index (κ2) is 8.64. The number of piperazine rings is 1. The molecule has 4 rings (SSSR count). The number of benzene rings is 1. The van der Waals surface area contributed by atoms with Gasteiger partial charge < -0.3 is 15.1 Å². The zero-order valence-electron chi connectivity index (χ0n) is 15.8. The Morgan fingerprint density at radius 2 is 1.69 bits per heavy atom. The third-order valence-corrected chi connectivity index (χ3v) is 4.87. The van der Waals surface area contributed by atoms with Crippen molar-refractivity contribution in [2.45, 2.75) is 6.54 Å². The largest absolute Gasteiger partial charge is 0.366 e. The molecule has 1 N–H and O–H groups in total. The summed E-state index contributed by atoms with van der Waals surface area (Å²) in [6, 6.07) is 10.5. The molecular formula is C21H21FN6O. The van der Waals surface area contributed by atoms with Crippen LogP contribution in [0.15, 0.2) is 61.2 Å². The Labute approximate surface area is 168 Å². The number of nitrogens with one attached hydrogen (secondary N) is 1. The van der Waals surface area contributed by atoms with Gasteiger partial charge in [0.15, 0.2) is 0 Å². The summed E-state index contributed by atoms with van der Waals surface area (Å²) in [5.74, 6) is 0.233. The lowest BCUT2D eigenvalue weighted by Crippen LogP contribution is -2.47. The number of pyridine rings is 1. The maximum Gasteiger partial charge on any atom is 0.271 e. The monoisotopic (exact) mass is 392 g/mol. The molecule has 7 nitrogen and oxygen atoms in total. The Bertz CT molecular complexity index is 958. The van der Waals surface area contributed by atoms with Crippen LogP contribution in [0, 0.1) is 5.82 Å². The van der Waals surface area contributed by atoms with Crippen LogP contribution in [0.5, 0.6) is 0 Å². The van der Waals surface area contributed by atoms with E-state index in [4.69, 9.17) is 0 Å². The number of rotatable bonds is 5. The van der Waals surface area contributed by atoms with Crippen molar-refractivity contribution in [3.63, 3.8) is 0 Å². The van der Waals surface area contributed by atoms with Gasteiger partial charge in [-0.2, -0.15) is 0 Å².